The van der Waals surface area contributed by atoms with Crippen LogP contribution in [0.2, 0.25) is 0 Å². The van der Waals surface area contributed by atoms with Crippen LogP contribution in [0.15, 0.2) is 370 Å². The summed E-state index contributed by atoms with van der Waals surface area (Å²) in [6.07, 6.45) is 0. The van der Waals surface area contributed by atoms with Gasteiger partial charge in [0, 0.05) is 56.0 Å². The minimum atomic E-state index is -0.419. The molecule has 0 bridgehead atoms. The van der Waals surface area contributed by atoms with E-state index in [9.17, 15) is 4.39 Å². The lowest BCUT2D eigenvalue weighted by Crippen LogP contribution is -2.30. The lowest BCUT2D eigenvalue weighted by molar-refractivity contribution is 0.596. The Morgan fingerprint density at radius 1 is 0.317 bits per heavy atom. The van der Waals surface area contributed by atoms with Gasteiger partial charge < -0.3 is 14.4 Å². The van der Waals surface area contributed by atoms with Crippen molar-refractivity contribution in [2.45, 2.75) is 44.4 Å². The van der Waals surface area contributed by atoms with Gasteiger partial charge in [0.15, 0.2) is 0 Å². The first-order chi connectivity index (χ1) is 51.6. The highest BCUT2D eigenvalue weighted by Gasteiger charge is 2.39. The number of hydrogen-bond donors (Lipinski definition) is 0. The van der Waals surface area contributed by atoms with Gasteiger partial charge in [-0.3, -0.25) is 0 Å². The molecule has 15 aromatic carbocycles. The van der Waals surface area contributed by atoms with E-state index in [0.717, 1.165) is 44.9 Å². The van der Waals surface area contributed by atoms with Gasteiger partial charge in [-0.25, -0.2) is 4.39 Å². The Labute approximate surface area is 598 Å². The van der Waals surface area contributed by atoms with Crippen molar-refractivity contribution in [1.29, 1.82) is 0 Å². The van der Waals surface area contributed by atoms with Crippen LogP contribution in [0, 0.1) is 5.82 Å². The van der Waals surface area contributed by atoms with E-state index in [-0.39, 0.29) is 52.4 Å². The summed E-state index contributed by atoms with van der Waals surface area (Å²) in [4.78, 5) is 4.09. The van der Waals surface area contributed by atoms with Crippen LogP contribution in [0.25, 0.3) is 83.1 Å². The molecule has 2 heterocycles. The molecular formula is C97H74FN3. The summed E-state index contributed by atoms with van der Waals surface area (Å²) in [6, 6.07) is 117. The molecule has 16 aromatic rings. The second kappa shape index (κ2) is 25.8. The molecule has 0 saturated carbocycles. The van der Waals surface area contributed by atoms with Crippen molar-refractivity contribution >= 4 is 55.9 Å². The van der Waals surface area contributed by atoms with E-state index in [4.69, 9.17) is 6.85 Å². The second-order valence-corrected chi connectivity index (χ2v) is 27.4. The number of halogens is 1. The van der Waals surface area contributed by atoms with Crippen molar-refractivity contribution in [3.63, 3.8) is 0 Å². The lowest BCUT2D eigenvalue weighted by atomic mass is 9.63. The molecule has 4 heteroatoms. The van der Waals surface area contributed by atoms with E-state index in [1.165, 1.54) is 94.3 Å². The normalized spacial score (nSPS) is 14.5. The number of aromatic nitrogens is 1. The molecule has 0 amide bonds. The number of rotatable bonds is 11. The number of hydrogen-bond acceptors (Lipinski definition) is 2. The average Bonchev–Trinajstić information content (AvgIpc) is 0.857. The molecule has 101 heavy (non-hydrogen) atoms. The highest BCUT2D eigenvalue weighted by atomic mass is 19.1. The summed E-state index contributed by atoms with van der Waals surface area (Å²) in [6.45, 7) is 9.21. The van der Waals surface area contributed by atoms with Crippen LogP contribution < -0.4 is 9.80 Å². The Kier molecular flexibility index (Phi) is 14.5. The summed E-state index contributed by atoms with van der Waals surface area (Å²) in [7, 11) is 0. The van der Waals surface area contributed by atoms with Crippen LogP contribution in [-0.4, -0.2) is 4.57 Å². The topological polar surface area (TPSA) is 11.4 Å². The third-order valence-corrected chi connectivity index (χ3v) is 20.8. The fraction of sp³-hybridized carbons (Fsp3) is 0.0722. The minimum Gasteiger partial charge on any atom is -0.311 e. The maximum atomic E-state index is 14.0. The fourth-order valence-electron chi connectivity index (χ4n) is 15.6. The quantitative estimate of drug-likeness (QED) is 0.128. The molecule has 0 radical (unpaired) electrons. The lowest BCUT2D eigenvalue weighted by Gasteiger charge is -2.42. The number of anilines is 6. The second-order valence-electron chi connectivity index (χ2n) is 27.4. The predicted molar refractivity (Wildman–Crippen MR) is 422 cm³/mol. The highest BCUT2D eigenvalue weighted by molar-refractivity contribution is 6.12. The van der Waals surface area contributed by atoms with Crippen molar-refractivity contribution in [3.05, 3.63) is 415 Å². The van der Waals surface area contributed by atoms with Crippen molar-refractivity contribution < 1.29 is 11.2 Å². The zero-order valence-corrected chi connectivity index (χ0v) is 56.6. The first kappa shape index (κ1) is 56.6. The minimum absolute atomic E-state index is 0.0429. The molecule has 1 unspecified atom stereocenters. The van der Waals surface area contributed by atoms with E-state index >= 15 is 0 Å². The molecule has 1 aliphatic heterocycles. The molecule has 0 fully saturated rings. The SMILES string of the molecule is CC1(C)c2ccccc2C(c2ccc(F)cc2)c2ccc(-c3ccc(-n4c5ccc(-c6ccccc6)cc5c5cc(-c6ccccc6)ccc54)cc3)cc21.[2H]c1c([2H])c([2H])c(N(c2ccc(-c3ccccc3)cc2)c2ccc(-c3ccc4c(c3)C(C)(C)c3ccccc3N4c3ccccc3)cc2)c([2H])c1[2H]. The third kappa shape index (κ3) is 11.4. The zero-order valence-electron chi connectivity index (χ0n) is 61.6. The van der Waals surface area contributed by atoms with Gasteiger partial charge in [-0.15, -0.1) is 0 Å². The Morgan fingerprint density at radius 3 is 1.30 bits per heavy atom. The van der Waals surface area contributed by atoms with Gasteiger partial charge in [0.05, 0.1) is 29.3 Å². The molecule has 0 N–H and O–H groups in total. The van der Waals surface area contributed by atoms with Crippen LogP contribution in [0.1, 0.15) is 79.4 Å². The van der Waals surface area contributed by atoms with Crippen molar-refractivity contribution in [3.8, 4) is 61.3 Å². The Bertz CT molecular complexity index is 5880. The van der Waals surface area contributed by atoms with Gasteiger partial charge >= 0.3 is 0 Å². The van der Waals surface area contributed by atoms with Crippen molar-refractivity contribution in [2.75, 3.05) is 9.80 Å². The van der Waals surface area contributed by atoms with E-state index in [1.54, 1.807) is 17.0 Å². The summed E-state index contributed by atoms with van der Waals surface area (Å²) < 4.78 is 59.2. The maximum Gasteiger partial charge on any atom is 0.123 e. The van der Waals surface area contributed by atoms with Crippen molar-refractivity contribution in [2.24, 2.45) is 0 Å². The van der Waals surface area contributed by atoms with Gasteiger partial charge in [-0.2, -0.15) is 0 Å². The van der Waals surface area contributed by atoms with E-state index in [0.29, 0.717) is 11.4 Å². The third-order valence-electron chi connectivity index (χ3n) is 20.8. The van der Waals surface area contributed by atoms with Crippen LogP contribution in [0.5, 0.6) is 0 Å². The van der Waals surface area contributed by atoms with E-state index in [2.05, 4.69) is 268 Å². The van der Waals surface area contributed by atoms with Gasteiger partial charge in [-0.1, -0.05) is 276 Å². The molecule has 484 valence electrons. The zero-order chi connectivity index (χ0) is 72.5. The van der Waals surface area contributed by atoms with Crippen LogP contribution in [0.4, 0.5) is 38.5 Å². The first-order valence-electron chi connectivity index (χ1n) is 37.1. The summed E-state index contributed by atoms with van der Waals surface area (Å²) in [5.41, 5.74) is 28.1. The summed E-state index contributed by atoms with van der Waals surface area (Å²) in [5.74, 6) is -0.168. The Morgan fingerprint density at radius 2 is 0.723 bits per heavy atom. The van der Waals surface area contributed by atoms with Gasteiger partial charge in [0.1, 0.15) is 5.82 Å². The molecule has 1 aliphatic carbocycles. The summed E-state index contributed by atoms with van der Waals surface area (Å²) in [5, 5.41) is 2.47. The molecule has 3 nitrogen and oxygen atoms in total. The van der Waals surface area contributed by atoms with Crippen LogP contribution in [-0.2, 0) is 10.8 Å². The monoisotopic (exact) mass is 1300 g/mol. The average molecular weight is 1310 g/mol. The largest absolute Gasteiger partial charge is 0.311 e. The number of benzene rings is 15. The number of fused-ring (bicyclic) bond motifs is 7. The Hall–Kier alpha value is -12.4. The van der Waals surface area contributed by atoms with E-state index < -0.39 is 6.04 Å². The van der Waals surface area contributed by atoms with Crippen LogP contribution >= 0.6 is 0 Å². The predicted octanol–water partition coefficient (Wildman–Crippen LogP) is 26.3. The highest BCUT2D eigenvalue weighted by Crippen LogP contribution is 2.54. The van der Waals surface area contributed by atoms with Crippen molar-refractivity contribution in [1.82, 2.24) is 4.57 Å². The molecule has 1 atom stereocenters. The van der Waals surface area contributed by atoms with E-state index in [1.807, 2.05) is 97.1 Å². The molecule has 0 spiro atoms. The first-order valence-corrected chi connectivity index (χ1v) is 34.6. The maximum absolute atomic E-state index is 14.0. The number of nitrogens with zero attached hydrogens (tertiary/aromatic N) is 3. The molecule has 2 aliphatic rings. The van der Waals surface area contributed by atoms with Gasteiger partial charge in [0.2, 0.25) is 0 Å². The number of para-hydroxylation sites is 3. The van der Waals surface area contributed by atoms with Gasteiger partial charge in [-0.05, 0) is 216 Å². The molecule has 1 aromatic heterocycles. The standard InChI is InChI=1S/C52H38FN.C45H36N2/c1-52(2)47-16-10-9-15-43(47)51(37-17-24-41(53)25-18-37)44-28-21-40(33-48(44)52)36-19-26-42(27-20-36)54-49-29-22-38(34-11-5-3-6-12-34)31-45(49)46-32-39(23-30-50(46)54)35-13-7-4-8-14-35;1-45(2)41-20-12-13-21-43(41)47(38-18-10-5-11-19-38)44-31-26-36(32-42(44)45)35-24-29-40(30-25-35)46(37-16-8-4-9-17-37)39-27-22-34(23-28-39)33-14-6-3-7-15-33/h3-33,51H,1-2H3;3-32H,1-2H3/i;4D,8D,9D,16D,17D. The molecule has 0 saturated heterocycles. The molecular weight excluding hydrogens is 1230 g/mol. The smallest absolute Gasteiger partial charge is 0.123 e. The molecule has 18 rings (SSSR count). The fourth-order valence-corrected chi connectivity index (χ4v) is 15.6. The Balaban J connectivity index is 0.000000156. The van der Waals surface area contributed by atoms with Crippen LogP contribution in [0.3, 0.4) is 0 Å². The summed E-state index contributed by atoms with van der Waals surface area (Å²) >= 11 is 0. The van der Waals surface area contributed by atoms with Gasteiger partial charge in [0.25, 0.3) is 0 Å².